The first kappa shape index (κ1) is 14.1. The van der Waals surface area contributed by atoms with Gasteiger partial charge in [-0.25, -0.2) is 9.78 Å². The lowest BCUT2D eigenvalue weighted by Crippen LogP contribution is -2.27. The van der Waals surface area contributed by atoms with Crippen LogP contribution in [0.25, 0.3) is 11.0 Å². The third kappa shape index (κ3) is 2.63. The molecule has 3 rings (SSSR count). The smallest absolute Gasteiger partial charge is 0.349 e. The van der Waals surface area contributed by atoms with Gasteiger partial charge in [0.05, 0.1) is 12.2 Å². The number of nitrogens with zero attached hydrogens (tertiary/aromatic N) is 1. The Morgan fingerprint density at radius 1 is 1.23 bits per heavy atom. The van der Waals surface area contributed by atoms with E-state index in [9.17, 15) is 9.59 Å². The predicted molar refractivity (Wildman–Crippen MR) is 79.6 cm³/mol. The van der Waals surface area contributed by atoms with Crippen molar-refractivity contribution in [3.05, 3.63) is 63.7 Å². The molecule has 112 valence electrons. The van der Waals surface area contributed by atoms with Gasteiger partial charge in [-0.15, -0.1) is 0 Å². The fourth-order valence-corrected chi connectivity index (χ4v) is 2.09. The number of nitrogens with one attached hydrogen (secondary N) is 1. The number of oxazole rings is 1. The number of hydrogen-bond donors (Lipinski definition) is 1. The summed E-state index contributed by atoms with van der Waals surface area (Å²) in [6.45, 7) is 3.73. The second kappa shape index (κ2) is 5.48. The van der Waals surface area contributed by atoms with Gasteiger partial charge in [-0.2, -0.15) is 0 Å². The first-order valence-corrected chi connectivity index (χ1v) is 6.78. The molecule has 0 bridgehead atoms. The number of amides is 1. The number of para-hydroxylation sites is 1. The Bertz CT molecular complexity index is 888. The zero-order valence-electron chi connectivity index (χ0n) is 12.2. The number of hydrogen-bond acceptors (Lipinski definition) is 5. The minimum Gasteiger partial charge on any atom is -0.444 e. The van der Waals surface area contributed by atoms with E-state index in [0.717, 1.165) is 5.69 Å². The number of rotatable bonds is 3. The monoisotopic (exact) mass is 298 g/mol. The largest absolute Gasteiger partial charge is 0.444 e. The van der Waals surface area contributed by atoms with Crippen LogP contribution in [0.2, 0.25) is 0 Å². The molecule has 6 heteroatoms. The highest BCUT2D eigenvalue weighted by atomic mass is 16.4. The average Bonchev–Trinajstić information content (AvgIpc) is 2.82. The van der Waals surface area contributed by atoms with Gasteiger partial charge in [-0.3, -0.25) is 4.79 Å². The highest BCUT2D eigenvalue weighted by molar-refractivity contribution is 5.96. The van der Waals surface area contributed by atoms with Crippen LogP contribution < -0.4 is 10.9 Å². The van der Waals surface area contributed by atoms with E-state index in [4.69, 9.17) is 8.83 Å². The zero-order valence-corrected chi connectivity index (χ0v) is 12.2. The van der Waals surface area contributed by atoms with Crippen LogP contribution >= 0.6 is 0 Å². The van der Waals surface area contributed by atoms with Gasteiger partial charge in [0.2, 0.25) is 5.89 Å². The summed E-state index contributed by atoms with van der Waals surface area (Å²) in [7, 11) is 0. The van der Waals surface area contributed by atoms with Gasteiger partial charge >= 0.3 is 5.63 Å². The number of aromatic nitrogens is 1. The van der Waals surface area contributed by atoms with Crippen molar-refractivity contribution in [2.75, 3.05) is 0 Å². The Kier molecular flexibility index (Phi) is 3.50. The lowest BCUT2D eigenvalue weighted by Gasteiger charge is -2.03. The Morgan fingerprint density at radius 3 is 2.73 bits per heavy atom. The van der Waals surface area contributed by atoms with Gasteiger partial charge in [-0.05, 0) is 26.0 Å². The highest BCUT2D eigenvalue weighted by Gasteiger charge is 2.14. The van der Waals surface area contributed by atoms with Crippen molar-refractivity contribution in [3.8, 4) is 0 Å². The van der Waals surface area contributed by atoms with Crippen LogP contribution in [0.4, 0.5) is 0 Å². The van der Waals surface area contributed by atoms with Crippen molar-refractivity contribution in [1.29, 1.82) is 0 Å². The predicted octanol–water partition coefficient (Wildman–Crippen LogP) is 2.33. The molecule has 22 heavy (non-hydrogen) atoms. The van der Waals surface area contributed by atoms with Crippen molar-refractivity contribution in [2.24, 2.45) is 0 Å². The van der Waals surface area contributed by atoms with Crippen molar-refractivity contribution in [1.82, 2.24) is 10.3 Å². The summed E-state index contributed by atoms with van der Waals surface area (Å²) in [6, 6.07) is 8.54. The van der Waals surface area contributed by atoms with Crippen molar-refractivity contribution >= 4 is 16.9 Å². The van der Waals surface area contributed by atoms with Crippen LogP contribution in [0.5, 0.6) is 0 Å². The number of carbonyl (C=O) groups is 1. The molecule has 0 saturated carbocycles. The minimum absolute atomic E-state index is 0.0429. The molecule has 1 amide bonds. The molecule has 0 fully saturated rings. The van der Waals surface area contributed by atoms with Crippen LogP contribution in [0, 0.1) is 13.8 Å². The van der Waals surface area contributed by atoms with Gasteiger partial charge in [-0.1, -0.05) is 18.2 Å². The SMILES string of the molecule is Cc1nc(CNC(=O)c2cc3ccccc3oc2=O)oc1C. The molecule has 0 radical (unpaired) electrons. The van der Waals surface area contributed by atoms with Crippen molar-refractivity contribution < 1.29 is 13.6 Å². The zero-order chi connectivity index (χ0) is 15.7. The molecule has 0 aliphatic heterocycles. The summed E-state index contributed by atoms with van der Waals surface area (Å²) >= 11 is 0. The molecular weight excluding hydrogens is 284 g/mol. The fourth-order valence-electron chi connectivity index (χ4n) is 2.09. The van der Waals surface area contributed by atoms with E-state index in [1.807, 2.05) is 13.0 Å². The summed E-state index contributed by atoms with van der Waals surface area (Å²) in [5.74, 6) is 0.580. The standard InChI is InChI=1S/C16H14N2O4/c1-9-10(2)21-14(18-9)8-17-15(19)12-7-11-5-3-4-6-13(11)22-16(12)20/h3-7H,8H2,1-2H3,(H,17,19). The Morgan fingerprint density at radius 2 is 2.00 bits per heavy atom. The van der Waals surface area contributed by atoms with Gasteiger partial charge in [0.25, 0.3) is 5.91 Å². The second-order valence-corrected chi connectivity index (χ2v) is 4.92. The molecule has 0 spiro atoms. The van der Waals surface area contributed by atoms with E-state index in [-0.39, 0.29) is 12.1 Å². The van der Waals surface area contributed by atoms with Crippen LogP contribution in [0.3, 0.4) is 0 Å². The number of carbonyl (C=O) groups excluding carboxylic acids is 1. The molecule has 0 atom stereocenters. The first-order valence-electron chi connectivity index (χ1n) is 6.78. The maximum absolute atomic E-state index is 12.1. The second-order valence-electron chi connectivity index (χ2n) is 4.92. The Hall–Kier alpha value is -2.89. The summed E-state index contributed by atoms with van der Waals surface area (Å²) < 4.78 is 10.5. The van der Waals surface area contributed by atoms with Crippen LogP contribution in [0.15, 0.2) is 44.0 Å². The third-order valence-corrected chi connectivity index (χ3v) is 3.36. The molecule has 0 unspecified atom stereocenters. The number of benzene rings is 1. The van der Waals surface area contributed by atoms with Gasteiger partial charge < -0.3 is 14.2 Å². The van der Waals surface area contributed by atoms with E-state index in [1.54, 1.807) is 25.1 Å². The molecule has 6 nitrogen and oxygen atoms in total. The van der Waals surface area contributed by atoms with Crippen LogP contribution in [-0.2, 0) is 6.54 Å². The van der Waals surface area contributed by atoms with Gasteiger partial charge in [0, 0.05) is 5.39 Å². The first-order chi connectivity index (χ1) is 10.5. The normalized spacial score (nSPS) is 10.8. The molecule has 1 aromatic carbocycles. The maximum atomic E-state index is 12.1. The van der Waals surface area contributed by atoms with Crippen molar-refractivity contribution in [3.63, 3.8) is 0 Å². The van der Waals surface area contributed by atoms with E-state index < -0.39 is 11.5 Å². The maximum Gasteiger partial charge on any atom is 0.349 e. The van der Waals surface area contributed by atoms with Crippen molar-refractivity contribution in [2.45, 2.75) is 20.4 Å². The molecule has 2 heterocycles. The minimum atomic E-state index is -0.670. The summed E-state index contributed by atoms with van der Waals surface area (Å²) in [5.41, 5.74) is 0.507. The molecule has 0 saturated heterocycles. The van der Waals surface area contributed by atoms with E-state index in [2.05, 4.69) is 10.3 Å². The molecule has 1 N–H and O–H groups in total. The average molecular weight is 298 g/mol. The summed E-state index contributed by atoms with van der Waals surface area (Å²) in [6.07, 6.45) is 0. The summed E-state index contributed by atoms with van der Waals surface area (Å²) in [5, 5.41) is 3.30. The Balaban J connectivity index is 1.82. The third-order valence-electron chi connectivity index (χ3n) is 3.36. The van der Waals surface area contributed by atoms with Gasteiger partial charge in [0.15, 0.2) is 0 Å². The lowest BCUT2D eigenvalue weighted by atomic mass is 10.2. The molecule has 2 aromatic heterocycles. The molecular formula is C16H14N2O4. The van der Waals surface area contributed by atoms with E-state index >= 15 is 0 Å². The number of aryl methyl sites for hydroxylation is 2. The van der Waals surface area contributed by atoms with Gasteiger partial charge in [0.1, 0.15) is 16.9 Å². The Labute approximate surface area is 125 Å². The lowest BCUT2D eigenvalue weighted by molar-refractivity contribution is 0.0943. The topological polar surface area (TPSA) is 85.3 Å². The molecule has 0 aliphatic rings. The highest BCUT2D eigenvalue weighted by Crippen LogP contribution is 2.13. The van der Waals surface area contributed by atoms with Crippen LogP contribution in [-0.4, -0.2) is 10.9 Å². The molecule has 0 aliphatic carbocycles. The summed E-state index contributed by atoms with van der Waals surface area (Å²) in [4.78, 5) is 28.2. The van der Waals surface area contributed by atoms with E-state index in [1.165, 1.54) is 6.07 Å². The molecule has 3 aromatic rings. The van der Waals surface area contributed by atoms with E-state index in [0.29, 0.717) is 22.6 Å². The van der Waals surface area contributed by atoms with Crippen LogP contribution in [0.1, 0.15) is 27.7 Å². The quantitative estimate of drug-likeness (QED) is 0.750. The fraction of sp³-hybridized carbons (Fsp3) is 0.188. The number of fused-ring (bicyclic) bond motifs is 1.